The standard InChI is InChI=1S/C25H38O3/c1-15(5-8-22(27)28)19-6-7-20-23-16(2)13-17-14-18(26)9-11-24(17,3)21(23)10-12-25(19,20)4/h14-16,19-21,23H,5-13H2,1-4H3,(H,27,28)/t15-,16?,19?,20?,21?,23?,24+,25-/m1/s1. The van der Waals surface area contributed by atoms with Crippen molar-refractivity contribution < 1.29 is 14.7 Å². The van der Waals surface area contributed by atoms with Gasteiger partial charge in [-0.25, -0.2) is 0 Å². The van der Waals surface area contributed by atoms with Gasteiger partial charge in [0.05, 0.1) is 0 Å². The summed E-state index contributed by atoms with van der Waals surface area (Å²) in [6.45, 7) is 9.73. The summed E-state index contributed by atoms with van der Waals surface area (Å²) in [5.74, 6) is 3.78. The lowest BCUT2D eigenvalue weighted by molar-refractivity contribution is -0.137. The summed E-state index contributed by atoms with van der Waals surface area (Å²) in [5.41, 5.74) is 2.06. The molecule has 0 amide bonds. The van der Waals surface area contributed by atoms with E-state index in [0.717, 1.165) is 43.4 Å². The van der Waals surface area contributed by atoms with E-state index in [1.54, 1.807) is 0 Å². The van der Waals surface area contributed by atoms with Crippen LogP contribution in [0.5, 0.6) is 0 Å². The first-order valence-electron chi connectivity index (χ1n) is 11.6. The van der Waals surface area contributed by atoms with E-state index in [-0.39, 0.29) is 5.41 Å². The van der Waals surface area contributed by atoms with E-state index in [0.29, 0.717) is 35.4 Å². The molecule has 28 heavy (non-hydrogen) atoms. The van der Waals surface area contributed by atoms with Crippen molar-refractivity contribution in [3.8, 4) is 0 Å². The Labute approximate surface area is 170 Å². The van der Waals surface area contributed by atoms with Gasteiger partial charge in [0.15, 0.2) is 5.78 Å². The zero-order valence-corrected chi connectivity index (χ0v) is 18.2. The molecule has 4 aliphatic carbocycles. The maximum absolute atomic E-state index is 12.1. The van der Waals surface area contributed by atoms with Gasteiger partial charge in [0, 0.05) is 12.8 Å². The number of ketones is 1. The van der Waals surface area contributed by atoms with Gasteiger partial charge in [-0.2, -0.15) is 0 Å². The van der Waals surface area contributed by atoms with Gasteiger partial charge >= 0.3 is 5.97 Å². The summed E-state index contributed by atoms with van der Waals surface area (Å²) >= 11 is 0. The molecule has 3 heteroatoms. The minimum Gasteiger partial charge on any atom is -0.481 e. The van der Waals surface area contributed by atoms with Crippen molar-refractivity contribution in [2.45, 2.75) is 85.5 Å². The van der Waals surface area contributed by atoms with E-state index in [1.807, 2.05) is 6.08 Å². The SMILES string of the molecule is CC1CC2=CC(=O)CC[C@]2(C)C2CC[C@@]3(C)C(CCC3[C@H](C)CCC(=O)O)C12. The first-order chi connectivity index (χ1) is 13.2. The number of carbonyl (C=O) groups excluding carboxylic acids is 1. The van der Waals surface area contributed by atoms with Crippen LogP contribution in [0.25, 0.3) is 0 Å². The molecule has 156 valence electrons. The molecule has 8 atom stereocenters. The highest BCUT2D eigenvalue weighted by Gasteiger charge is 2.60. The zero-order valence-electron chi connectivity index (χ0n) is 18.2. The van der Waals surface area contributed by atoms with Crippen LogP contribution in [0.2, 0.25) is 0 Å². The second-order valence-corrected chi connectivity index (χ2v) is 11.2. The number of rotatable bonds is 4. The first kappa shape index (κ1) is 20.2. The average molecular weight is 387 g/mol. The number of aliphatic carboxylic acids is 1. The van der Waals surface area contributed by atoms with Crippen LogP contribution >= 0.6 is 0 Å². The Morgan fingerprint density at radius 2 is 1.96 bits per heavy atom. The van der Waals surface area contributed by atoms with Crippen LogP contribution in [-0.2, 0) is 9.59 Å². The van der Waals surface area contributed by atoms with E-state index in [1.165, 1.54) is 31.3 Å². The van der Waals surface area contributed by atoms with Crippen molar-refractivity contribution in [3.63, 3.8) is 0 Å². The molecule has 1 N–H and O–H groups in total. The van der Waals surface area contributed by atoms with Crippen LogP contribution in [0.1, 0.15) is 85.5 Å². The molecule has 0 saturated heterocycles. The lowest BCUT2D eigenvalue weighted by Gasteiger charge is -2.60. The highest BCUT2D eigenvalue weighted by atomic mass is 16.4. The summed E-state index contributed by atoms with van der Waals surface area (Å²) in [5, 5.41) is 9.12. The molecule has 0 aliphatic heterocycles. The third kappa shape index (κ3) is 2.99. The Hall–Kier alpha value is -1.12. The Bertz CT molecular complexity index is 694. The van der Waals surface area contributed by atoms with Gasteiger partial charge in [-0.3, -0.25) is 9.59 Å². The second kappa shape index (κ2) is 6.99. The Balaban J connectivity index is 1.59. The highest BCUT2D eigenvalue weighted by Crippen LogP contribution is 2.68. The summed E-state index contributed by atoms with van der Waals surface area (Å²) in [7, 11) is 0. The Morgan fingerprint density at radius 3 is 2.68 bits per heavy atom. The summed E-state index contributed by atoms with van der Waals surface area (Å²) in [6, 6.07) is 0. The quantitative estimate of drug-likeness (QED) is 0.656. The molecular formula is C25H38O3. The van der Waals surface area contributed by atoms with Gasteiger partial charge in [-0.05, 0) is 97.4 Å². The molecule has 0 heterocycles. The number of carbonyl (C=O) groups is 2. The summed E-state index contributed by atoms with van der Waals surface area (Å²) in [4.78, 5) is 23.1. The van der Waals surface area contributed by atoms with Crippen molar-refractivity contribution in [2.75, 3.05) is 0 Å². The van der Waals surface area contributed by atoms with E-state index >= 15 is 0 Å². The van der Waals surface area contributed by atoms with Gasteiger partial charge in [0.2, 0.25) is 0 Å². The number of carboxylic acid groups (broad SMARTS) is 1. The monoisotopic (exact) mass is 386 g/mol. The van der Waals surface area contributed by atoms with E-state index in [2.05, 4.69) is 27.7 Å². The molecule has 0 aromatic heterocycles. The third-order valence-corrected chi connectivity index (χ3v) is 9.88. The van der Waals surface area contributed by atoms with Gasteiger partial charge in [-0.1, -0.05) is 33.3 Å². The lowest BCUT2D eigenvalue weighted by atomic mass is 9.44. The molecule has 4 aliphatic rings. The zero-order chi connectivity index (χ0) is 20.3. The fourth-order valence-corrected chi connectivity index (χ4v) is 8.43. The number of hydrogen-bond donors (Lipinski definition) is 1. The largest absolute Gasteiger partial charge is 0.481 e. The second-order valence-electron chi connectivity index (χ2n) is 11.2. The molecule has 4 rings (SSSR count). The maximum Gasteiger partial charge on any atom is 0.303 e. The third-order valence-electron chi connectivity index (χ3n) is 9.88. The molecule has 0 radical (unpaired) electrons. The number of allylic oxidation sites excluding steroid dienone is 1. The first-order valence-corrected chi connectivity index (χ1v) is 11.6. The predicted octanol–water partition coefficient (Wildman–Crippen LogP) is 5.88. The maximum atomic E-state index is 12.1. The minimum absolute atomic E-state index is 0.236. The van der Waals surface area contributed by atoms with Crippen LogP contribution in [0.4, 0.5) is 0 Å². The van der Waals surface area contributed by atoms with Crippen LogP contribution in [0.3, 0.4) is 0 Å². The Kier molecular flexibility index (Phi) is 5.03. The molecular weight excluding hydrogens is 348 g/mol. The molecule has 5 unspecified atom stereocenters. The molecule has 3 saturated carbocycles. The highest BCUT2D eigenvalue weighted by molar-refractivity contribution is 5.91. The fourth-order valence-electron chi connectivity index (χ4n) is 8.43. The van der Waals surface area contributed by atoms with Crippen molar-refractivity contribution in [1.82, 2.24) is 0 Å². The molecule has 0 bridgehead atoms. The molecule has 0 aromatic carbocycles. The van der Waals surface area contributed by atoms with Crippen LogP contribution in [0.15, 0.2) is 11.6 Å². The van der Waals surface area contributed by atoms with Gasteiger partial charge < -0.3 is 5.11 Å². The summed E-state index contributed by atoms with van der Waals surface area (Å²) in [6.07, 6.45) is 11.2. The normalized spacial score (nSPS) is 46.2. The molecule has 0 aromatic rings. The molecule has 3 nitrogen and oxygen atoms in total. The fraction of sp³-hybridized carbons (Fsp3) is 0.840. The van der Waals surface area contributed by atoms with E-state index in [4.69, 9.17) is 5.11 Å². The number of carboxylic acids is 1. The van der Waals surface area contributed by atoms with Crippen LogP contribution < -0.4 is 0 Å². The molecule has 3 fully saturated rings. The average Bonchev–Trinajstić information content (AvgIpc) is 2.98. The van der Waals surface area contributed by atoms with Gasteiger partial charge in [0.25, 0.3) is 0 Å². The lowest BCUT2D eigenvalue weighted by Crippen LogP contribution is -2.53. The minimum atomic E-state index is -0.657. The van der Waals surface area contributed by atoms with Crippen molar-refractivity contribution in [2.24, 2.45) is 46.3 Å². The van der Waals surface area contributed by atoms with Gasteiger partial charge in [-0.15, -0.1) is 0 Å². The Morgan fingerprint density at radius 1 is 1.21 bits per heavy atom. The van der Waals surface area contributed by atoms with Crippen molar-refractivity contribution in [3.05, 3.63) is 11.6 Å². The van der Waals surface area contributed by atoms with Crippen LogP contribution in [-0.4, -0.2) is 16.9 Å². The van der Waals surface area contributed by atoms with E-state index in [9.17, 15) is 9.59 Å². The van der Waals surface area contributed by atoms with Crippen molar-refractivity contribution in [1.29, 1.82) is 0 Å². The van der Waals surface area contributed by atoms with E-state index < -0.39 is 5.97 Å². The number of hydrogen-bond acceptors (Lipinski definition) is 2. The topological polar surface area (TPSA) is 54.4 Å². The molecule has 0 spiro atoms. The smallest absolute Gasteiger partial charge is 0.303 e. The number of fused-ring (bicyclic) bond motifs is 5. The van der Waals surface area contributed by atoms with Crippen LogP contribution in [0, 0.1) is 46.3 Å². The van der Waals surface area contributed by atoms with Crippen molar-refractivity contribution >= 4 is 11.8 Å². The predicted molar refractivity (Wildman–Crippen MR) is 111 cm³/mol. The summed E-state index contributed by atoms with van der Waals surface area (Å²) < 4.78 is 0. The van der Waals surface area contributed by atoms with Gasteiger partial charge in [0.1, 0.15) is 0 Å².